The van der Waals surface area contributed by atoms with Gasteiger partial charge in [-0.1, -0.05) is 18.2 Å². The number of nitrogens with zero attached hydrogens (tertiary/aromatic N) is 2. The number of hydrogen-bond donors (Lipinski definition) is 0. The molecule has 0 radical (unpaired) electrons. The summed E-state index contributed by atoms with van der Waals surface area (Å²) in [4.78, 5) is 0. The molecule has 0 fully saturated rings. The molecule has 0 saturated carbocycles. The number of furan rings is 1. The average molecular weight is 363 g/mol. The average Bonchev–Trinajstić information content (AvgIpc) is 3.08. The van der Waals surface area contributed by atoms with Gasteiger partial charge in [0.2, 0.25) is 11.2 Å². The minimum Gasteiger partial charge on any atom is -0.455 e. The Kier molecular flexibility index (Phi) is 3.50. The van der Waals surface area contributed by atoms with Crippen molar-refractivity contribution in [3.8, 4) is 17.3 Å². The number of hydrogen-bond acceptors (Lipinski definition) is 2. The smallest absolute Gasteiger partial charge is 0.216 e. The van der Waals surface area contributed by atoms with Crippen molar-refractivity contribution in [2.75, 3.05) is 0 Å². The Labute approximate surface area is 163 Å². The van der Waals surface area contributed by atoms with Crippen molar-refractivity contribution in [3.05, 3.63) is 77.4 Å². The van der Waals surface area contributed by atoms with Gasteiger partial charge in [0.15, 0.2) is 0 Å². The third-order valence-electron chi connectivity index (χ3n) is 5.76. The highest BCUT2D eigenvalue weighted by molar-refractivity contribution is 6.12. The Morgan fingerprint density at radius 1 is 0.964 bits per heavy atom. The number of rotatable bonds is 1. The lowest BCUT2D eigenvalue weighted by molar-refractivity contribution is -0.633. The Morgan fingerprint density at radius 2 is 1.79 bits per heavy atom. The van der Waals surface area contributed by atoms with Crippen LogP contribution in [0.2, 0.25) is 0 Å². The van der Waals surface area contributed by atoms with Crippen LogP contribution in [0.4, 0.5) is 0 Å². The molecule has 0 N–H and O–H groups in total. The van der Waals surface area contributed by atoms with Crippen molar-refractivity contribution in [1.82, 2.24) is 0 Å². The first kappa shape index (κ1) is 16.5. The van der Waals surface area contributed by atoms with Gasteiger partial charge in [-0.15, -0.1) is 0 Å². The monoisotopic (exact) mass is 363 g/mol. The first-order chi connectivity index (χ1) is 13.6. The predicted molar refractivity (Wildman–Crippen MR) is 112 cm³/mol. The quantitative estimate of drug-likeness (QED) is 0.357. The number of aromatic nitrogens is 1. The van der Waals surface area contributed by atoms with Crippen molar-refractivity contribution < 1.29 is 8.98 Å². The third kappa shape index (κ3) is 2.18. The summed E-state index contributed by atoms with van der Waals surface area (Å²) in [5, 5.41) is 12.7. The molecule has 0 atom stereocenters. The fraction of sp³-hybridized carbons (Fsp3) is 0.120. The number of benzene rings is 3. The summed E-state index contributed by atoms with van der Waals surface area (Å²) in [5.74, 6) is 0. The fourth-order valence-electron chi connectivity index (χ4n) is 4.18. The molecule has 0 aliphatic carbocycles. The predicted octanol–water partition coefficient (Wildman–Crippen LogP) is 5.72. The molecule has 0 aliphatic heterocycles. The highest BCUT2D eigenvalue weighted by Crippen LogP contribution is 2.39. The molecule has 28 heavy (non-hydrogen) atoms. The van der Waals surface area contributed by atoms with Crippen molar-refractivity contribution in [1.29, 1.82) is 5.26 Å². The standard InChI is InChI=1S/C25H19N2O/c1-15-13-19-24-18(14-26)8-6-10-22(24)28-25(19)23(16(15)2)21-12-11-17-7-4-5-9-20(17)27(21)3/h4-13H,1-3H3/q+1. The summed E-state index contributed by atoms with van der Waals surface area (Å²) in [6, 6.07) is 22.8. The second kappa shape index (κ2) is 5.94. The van der Waals surface area contributed by atoms with Crippen LogP contribution in [-0.4, -0.2) is 0 Å². The van der Waals surface area contributed by atoms with Crippen LogP contribution in [0.3, 0.4) is 0 Å². The van der Waals surface area contributed by atoms with Gasteiger partial charge in [-0.2, -0.15) is 9.83 Å². The second-order valence-electron chi connectivity index (χ2n) is 7.30. The number of pyridine rings is 1. The lowest BCUT2D eigenvalue weighted by Gasteiger charge is -2.10. The molecule has 0 amide bonds. The van der Waals surface area contributed by atoms with E-state index in [0.29, 0.717) is 5.56 Å². The van der Waals surface area contributed by atoms with Crippen LogP contribution in [0, 0.1) is 25.2 Å². The highest BCUT2D eigenvalue weighted by atomic mass is 16.3. The lowest BCUT2D eigenvalue weighted by atomic mass is 9.95. The zero-order chi connectivity index (χ0) is 19.4. The summed E-state index contributed by atoms with van der Waals surface area (Å²) in [6.45, 7) is 4.25. The molecule has 0 bridgehead atoms. The largest absolute Gasteiger partial charge is 0.455 e. The van der Waals surface area contributed by atoms with E-state index in [1.807, 2.05) is 18.2 Å². The summed E-state index contributed by atoms with van der Waals surface area (Å²) >= 11 is 0. The van der Waals surface area contributed by atoms with E-state index < -0.39 is 0 Å². The molecule has 3 nitrogen and oxygen atoms in total. The van der Waals surface area contributed by atoms with Crippen LogP contribution < -0.4 is 4.57 Å². The van der Waals surface area contributed by atoms with Crippen LogP contribution in [0.15, 0.2) is 65.1 Å². The van der Waals surface area contributed by atoms with Crippen LogP contribution in [0.25, 0.3) is 44.1 Å². The van der Waals surface area contributed by atoms with E-state index in [-0.39, 0.29) is 0 Å². The zero-order valence-corrected chi connectivity index (χ0v) is 16.1. The Balaban J connectivity index is 1.97. The van der Waals surface area contributed by atoms with Crippen LogP contribution >= 0.6 is 0 Å². The first-order valence-corrected chi connectivity index (χ1v) is 9.34. The highest BCUT2D eigenvalue weighted by Gasteiger charge is 2.24. The van der Waals surface area contributed by atoms with E-state index in [9.17, 15) is 5.26 Å². The molecule has 0 aliphatic rings. The van der Waals surface area contributed by atoms with E-state index in [4.69, 9.17) is 4.42 Å². The van der Waals surface area contributed by atoms with Gasteiger partial charge < -0.3 is 4.42 Å². The molecule has 134 valence electrons. The topological polar surface area (TPSA) is 40.8 Å². The van der Waals surface area contributed by atoms with E-state index in [0.717, 1.165) is 33.2 Å². The maximum absolute atomic E-state index is 9.59. The van der Waals surface area contributed by atoms with Gasteiger partial charge in [0, 0.05) is 28.3 Å². The zero-order valence-electron chi connectivity index (χ0n) is 16.1. The fourth-order valence-corrected chi connectivity index (χ4v) is 4.18. The number of nitriles is 1. The normalized spacial score (nSPS) is 11.4. The minimum absolute atomic E-state index is 0.647. The summed E-state index contributed by atoms with van der Waals surface area (Å²) in [6.07, 6.45) is 0. The maximum Gasteiger partial charge on any atom is 0.216 e. The van der Waals surface area contributed by atoms with Gasteiger partial charge in [-0.3, -0.25) is 0 Å². The number of aryl methyl sites for hydroxylation is 2. The van der Waals surface area contributed by atoms with Gasteiger partial charge in [0.05, 0.1) is 17.2 Å². The summed E-state index contributed by atoms with van der Waals surface area (Å²) in [7, 11) is 2.09. The molecular weight excluding hydrogens is 344 g/mol. The molecule has 0 saturated heterocycles. The third-order valence-corrected chi connectivity index (χ3v) is 5.76. The van der Waals surface area contributed by atoms with E-state index in [2.05, 4.69) is 74.0 Å². The molecule has 0 unspecified atom stereocenters. The van der Waals surface area contributed by atoms with Gasteiger partial charge in [0.1, 0.15) is 18.2 Å². The van der Waals surface area contributed by atoms with Crippen LogP contribution in [-0.2, 0) is 7.05 Å². The SMILES string of the molecule is Cc1cc2c(oc3cccc(C#N)c32)c(-c2ccc3ccccc3[n+]2C)c1C. The Bertz CT molecular complexity index is 1450. The molecule has 2 aromatic heterocycles. The number of fused-ring (bicyclic) bond motifs is 4. The van der Waals surface area contributed by atoms with Crippen molar-refractivity contribution >= 4 is 32.8 Å². The minimum atomic E-state index is 0.647. The van der Waals surface area contributed by atoms with E-state index in [1.165, 1.54) is 22.0 Å². The first-order valence-electron chi connectivity index (χ1n) is 9.34. The van der Waals surface area contributed by atoms with Crippen molar-refractivity contribution in [2.24, 2.45) is 7.05 Å². The molecule has 5 rings (SSSR count). The molecule has 3 aromatic carbocycles. The molecule has 2 heterocycles. The van der Waals surface area contributed by atoms with Gasteiger partial charge in [-0.05, 0) is 55.3 Å². The van der Waals surface area contributed by atoms with Gasteiger partial charge in [-0.25, -0.2) is 0 Å². The van der Waals surface area contributed by atoms with Crippen molar-refractivity contribution in [3.63, 3.8) is 0 Å². The van der Waals surface area contributed by atoms with Crippen LogP contribution in [0.1, 0.15) is 16.7 Å². The second-order valence-corrected chi connectivity index (χ2v) is 7.30. The number of para-hydroxylation sites is 1. The summed E-state index contributed by atoms with van der Waals surface area (Å²) in [5.41, 5.74) is 7.97. The summed E-state index contributed by atoms with van der Waals surface area (Å²) < 4.78 is 8.54. The molecular formula is C25H19N2O+. The maximum atomic E-state index is 9.59. The molecule has 5 aromatic rings. The Hall–Kier alpha value is -3.64. The van der Waals surface area contributed by atoms with Gasteiger partial charge in [0.25, 0.3) is 0 Å². The van der Waals surface area contributed by atoms with E-state index >= 15 is 0 Å². The van der Waals surface area contributed by atoms with Crippen molar-refractivity contribution in [2.45, 2.75) is 13.8 Å². The van der Waals surface area contributed by atoms with Crippen LogP contribution in [0.5, 0.6) is 0 Å². The van der Waals surface area contributed by atoms with E-state index in [1.54, 1.807) is 0 Å². The lowest BCUT2D eigenvalue weighted by Crippen LogP contribution is -2.32. The molecule has 3 heteroatoms. The molecule has 0 spiro atoms. The Morgan fingerprint density at radius 3 is 2.61 bits per heavy atom. The van der Waals surface area contributed by atoms with Gasteiger partial charge >= 0.3 is 0 Å².